The van der Waals surface area contributed by atoms with Gasteiger partial charge in [-0.2, -0.15) is 0 Å². The molecule has 2 nitrogen and oxygen atoms in total. The largest absolute Gasteiger partial charge is 0.310 e. The van der Waals surface area contributed by atoms with Gasteiger partial charge in [0.1, 0.15) is 0 Å². The number of benzene rings is 6. The second-order valence-electron chi connectivity index (χ2n) is 10.5. The Labute approximate surface area is 237 Å². The highest BCUT2D eigenvalue weighted by Gasteiger charge is 2.22. The molecule has 196 valence electrons. The van der Waals surface area contributed by atoms with Crippen LogP contribution >= 0.6 is 0 Å². The van der Waals surface area contributed by atoms with Gasteiger partial charge in [-0.25, -0.2) is 0 Å². The predicted molar refractivity (Wildman–Crippen MR) is 172 cm³/mol. The maximum absolute atomic E-state index is 2.43. The van der Waals surface area contributed by atoms with Crippen molar-refractivity contribution in [3.8, 4) is 0 Å². The summed E-state index contributed by atoms with van der Waals surface area (Å²) in [5, 5.41) is 2.42. The summed E-state index contributed by atoms with van der Waals surface area (Å²) in [6.07, 6.45) is 0. The summed E-state index contributed by atoms with van der Waals surface area (Å²) in [5.74, 6) is 0. The van der Waals surface area contributed by atoms with Crippen LogP contribution in [0.3, 0.4) is 0 Å². The molecule has 6 aromatic carbocycles. The second kappa shape index (κ2) is 10.7. The third-order valence-corrected chi connectivity index (χ3v) is 7.75. The van der Waals surface area contributed by atoms with Gasteiger partial charge in [0, 0.05) is 33.8 Å². The monoisotopic (exact) mass is 518 g/mol. The molecule has 0 aliphatic heterocycles. The molecule has 40 heavy (non-hydrogen) atoms. The minimum atomic E-state index is 1.13. The van der Waals surface area contributed by atoms with Crippen molar-refractivity contribution < 1.29 is 0 Å². The quantitative estimate of drug-likeness (QED) is 0.216. The maximum atomic E-state index is 2.43. The van der Waals surface area contributed by atoms with E-state index in [0.717, 1.165) is 11.4 Å². The molecule has 0 amide bonds. The van der Waals surface area contributed by atoms with Gasteiger partial charge in [-0.3, -0.25) is 0 Å². The van der Waals surface area contributed by atoms with E-state index in [-0.39, 0.29) is 0 Å². The number of rotatable bonds is 6. The Bertz CT molecular complexity index is 1730. The highest BCUT2D eigenvalue weighted by atomic mass is 15.2. The lowest BCUT2D eigenvalue weighted by Crippen LogP contribution is -2.16. The summed E-state index contributed by atoms with van der Waals surface area (Å²) < 4.78 is 0. The lowest BCUT2D eigenvalue weighted by atomic mass is 10.0. The zero-order valence-electron chi connectivity index (χ0n) is 23.6. The van der Waals surface area contributed by atoms with E-state index in [4.69, 9.17) is 0 Å². The molecule has 0 spiro atoms. The van der Waals surface area contributed by atoms with Crippen LogP contribution in [0.5, 0.6) is 0 Å². The summed E-state index contributed by atoms with van der Waals surface area (Å²) in [4.78, 5) is 4.85. The van der Waals surface area contributed by atoms with Crippen molar-refractivity contribution in [2.45, 2.75) is 27.7 Å². The van der Waals surface area contributed by atoms with Crippen LogP contribution in [0.4, 0.5) is 34.1 Å². The first kappa shape index (κ1) is 25.5. The molecule has 2 heteroatoms. The molecule has 0 unspecified atom stereocenters. The molecule has 6 rings (SSSR count). The number of aryl methyl sites for hydroxylation is 4. The van der Waals surface area contributed by atoms with Crippen molar-refractivity contribution in [3.05, 3.63) is 156 Å². The normalized spacial score (nSPS) is 11.0. The Morgan fingerprint density at radius 1 is 0.350 bits per heavy atom. The molecule has 0 saturated heterocycles. The molecule has 0 aliphatic carbocycles. The minimum absolute atomic E-state index is 1.13. The van der Waals surface area contributed by atoms with Crippen LogP contribution in [-0.2, 0) is 0 Å². The van der Waals surface area contributed by atoms with Crippen molar-refractivity contribution in [1.82, 2.24) is 0 Å². The van der Waals surface area contributed by atoms with Gasteiger partial charge in [0.05, 0.1) is 5.69 Å². The summed E-state index contributed by atoms with van der Waals surface area (Å²) in [7, 11) is 0. The molecule has 0 aliphatic rings. The summed E-state index contributed by atoms with van der Waals surface area (Å²) in [5.41, 5.74) is 11.9. The predicted octanol–water partition coefficient (Wildman–Crippen LogP) is 11.0. The Morgan fingerprint density at radius 2 is 0.725 bits per heavy atom. The highest BCUT2D eigenvalue weighted by Crippen LogP contribution is 2.46. The van der Waals surface area contributed by atoms with Crippen LogP contribution in [-0.4, -0.2) is 0 Å². The Kier molecular flexibility index (Phi) is 6.84. The molecule has 0 saturated carbocycles. The fourth-order valence-corrected chi connectivity index (χ4v) is 5.64. The average molecular weight is 519 g/mol. The Morgan fingerprint density at radius 3 is 1.18 bits per heavy atom. The Balaban J connectivity index is 1.70. The van der Waals surface area contributed by atoms with Crippen LogP contribution < -0.4 is 9.80 Å². The lowest BCUT2D eigenvalue weighted by Gasteiger charge is -2.33. The van der Waals surface area contributed by atoms with E-state index in [1.54, 1.807) is 0 Å². The first-order valence-electron chi connectivity index (χ1n) is 13.9. The van der Waals surface area contributed by atoms with Gasteiger partial charge >= 0.3 is 0 Å². The fraction of sp³-hybridized carbons (Fsp3) is 0.105. The van der Waals surface area contributed by atoms with E-state index in [2.05, 4.69) is 171 Å². The van der Waals surface area contributed by atoms with Gasteiger partial charge in [-0.1, -0.05) is 97.1 Å². The molecular formula is C38H34N2. The zero-order chi connectivity index (χ0) is 27.6. The number of para-hydroxylation sites is 4. The first-order chi connectivity index (χ1) is 19.5. The highest BCUT2D eigenvalue weighted by molar-refractivity contribution is 6.03. The van der Waals surface area contributed by atoms with Crippen LogP contribution in [0.25, 0.3) is 10.8 Å². The van der Waals surface area contributed by atoms with Gasteiger partial charge in [-0.05, 0) is 91.7 Å². The summed E-state index contributed by atoms with van der Waals surface area (Å²) >= 11 is 0. The maximum Gasteiger partial charge on any atom is 0.0561 e. The van der Waals surface area contributed by atoms with Gasteiger partial charge < -0.3 is 9.80 Å². The van der Waals surface area contributed by atoms with Gasteiger partial charge in [0.2, 0.25) is 0 Å². The molecular weight excluding hydrogens is 484 g/mol. The zero-order valence-corrected chi connectivity index (χ0v) is 23.6. The molecule has 0 atom stereocenters. The van der Waals surface area contributed by atoms with Crippen LogP contribution in [0, 0.1) is 27.7 Å². The Hall–Kier alpha value is -4.82. The number of hydrogen-bond acceptors (Lipinski definition) is 2. The van der Waals surface area contributed by atoms with E-state index in [1.807, 2.05) is 0 Å². The van der Waals surface area contributed by atoms with E-state index in [1.165, 1.54) is 55.8 Å². The molecule has 0 aromatic heterocycles. The first-order valence-corrected chi connectivity index (χ1v) is 13.9. The SMILES string of the molecule is Cc1ccccc1N(c1cc(N(c2ccccc2C)c2ccccc2C)c2ccccc2c1)c1ccccc1C. The standard InChI is InChI=1S/C38H34N2/c1-27-15-5-11-21-34(27)39(35-22-12-6-16-28(35)2)32-25-31-19-9-10-20-33(31)38(26-32)40(36-23-13-7-17-29(36)3)37-24-14-8-18-30(37)4/h5-26H,1-4H3. The van der Waals surface area contributed by atoms with Crippen molar-refractivity contribution >= 4 is 44.9 Å². The number of hydrogen-bond donors (Lipinski definition) is 0. The van der Waals surface area contributed by atoms with Crippen LogP contribution in [0.2, 0.25) is 0 Å². The molecule has 0 N–H and O–H groups in total. The van der Waals surface area contributed by atoms with Crippen molar-refractivity contribution in [2.75, 3.05) is 9.80 Å². The third kappa shape index (κ3) is 4.63. The van der Waals surface area contributed by atoms with Gasteiger partial charge in [-0.15, -0.1) is 0 Å². The van der Waals surface area contributed by atoms with E-state index < -0.39 is 0 Å². The number of anilines is 6. The number of nitrogens with zero attached hydrogens (tertiary/aromatic N) is 2. The molecule has 0 fully saturated rings. The van der Waals surface area contributed by atoms with Crippen molar-refractivity contribution in [3.63, 3.8) is 0 Å². The molecule has 0 radical (unpaired) electrons. The number of fused-ring (bicyclic) bond motifs is 1. The third-order valence-electron chi connectivity index (χ3n) is 7.75. The summed E-state index contributed by atoms with van der Waals surface area (Å²) in [6.45, 7) is 8.77. The second-order valence-corrected chi connectivity index (χ2v) is 10.5. The molecule has 6 aromatic rings. The van der Waals surface area contributed by atoms with Crippen LogP contribution in [0.1, 0.15) is 22.3 Å². The van der Waals surface area contributed by atoms with E-state index in [0.29, 0.717) is 0 Å². The van der Waals surface area contributed by atoms with E-state index in [9.17, 15) is 0 Å². The molecule has 0 bridgehead atoms. The topological polar surface area (TPSA) is 6.48 Å². The smallest absolute Gasteiger partial charge is 0.0561 e. The summed E-state index contributed by atoms with van der Waals surface area (Å²) in [6, 6.07) is 48.0. The average Bonchev–Trinajstić information content (AvgIpc) is 2.97. The van der Waals surface area contributed by atoms with E-state index >= 15 is 0 Å². The minimum Gasteiger partial charge on any atom is -0.310 e. The fourth-order valence-electron chi connectivity index (χ4n) is 5.64. The molecule has 0 heterocycles. The van der Waals surface area contributed by atoms with Crippen LogP contribution in [0.15, 0.2) is 133 Å². The van der Waals surface area contributed by atoms with Crippen molar-refractivity contribution in [2.24, 2.45) is 0 Å². The van der Waals surface area contributed by atoms with Crippen molar-refractivity contribution in [1.29, 1.82) is 0 Å². The lowest BCUT2D eigenvalue weighted by molar-refractivity contribution is 1.21. The van der Waals surface area contributed by atoms with Gasteiger partial charge in [0.15, 0.2) is 0 Å². The van der Waals surface area contributed by atoms with Gasteiger partial charge in [0.25, 0.3) is 0 Å².